The molecule has 1 aromatic heterocycles. The highest BCUT2D eigenvalue weighted by atomic mass is 79.9. The van der Waals surface area contributed by atoms with Gasteiger partial charge in [0.2, 0.25) is 0 Å². The molecule has 1 aromatic rings. The van der Waals surface area contributed by atoms with Crippen molar-refractivity contribution in [1.29, 1.82) is 0 Å². The number of rotatable bonds is 3. The molecule has 4 heteroatoms. The van der Waals surface area contributed by atoms with E-state index >= 15 is 0 Å². The molecule has 0 aromatic carbocycles. The van der Waals surface area contributed by atoms with E-state index in [0.29, 0.717) is 12.1 Å². The summed E-state index contributed by atoms with van der Waals surface area (Å²) >= 11 is 7.40. The first-order valence-electron chi connectivity index (χ1n) is 4.82. The monoisotopic (exact) mass is 291 g/mol. The largest absolute Gasteiger partial charge is 0.307 e. The van der Waals surface area contributed by atoms with Crippen LogP contribution >= 0.6 is 39.0 Å². The Morgan fingerprint density at radius 3 is 3.00 bits per heavy atom. The summed E-state index contributed by atoms with van der Waals surface area (Å²) in [6.45, 7) is 2.25. The summed E-state index contributed by atoms with van der Waals surface area (Å²) in [4.78, 5) is 0. The van der Waals surface area contributed by atoms with Gasteiger partial charge in [0.15, 0.2) is 0 Å². The van der Waals surface area contributed by atoms with Gasteiger partial charge in [-0.25, -0.2) is 0 Å². The Morgan fingerprint density at radius 1 is 1.57 bits per heavy atom. The van der Waals surface area contributed by atoms with Gasteiger partial charge in [-0.2, -0.15) is 23.1 Å². The highest BCUT2D eigenvalue weighted by Gasteiger charge is 2.19. The Hall–Kier alpha value is 0.490. The molecule has 0 bridgehead atoms. The van der Waals surface area contributed by atoms with Gasteiger partial charge in [0.25, 0.3) is 0 Å². The van der Waals surface area contributed by atoms with Gasteiger partial charge in [0.1, 0.15) is 0 Å². The first-order chi connectivity index (χ1) is 6.77. The van der Waals surface area contributed by atoms with E-state index in [1.54, 1.807) is 11.3 Å². The first-order valence-corrected chi connectivity index (χ1v) is 7.72. The van der Waals surface area contributed by atoms with Gasteiger partial charge in [0, 0.05) is 27.7 Å². The SMILES string of the molecule is CC(NC1CCSC1)c1cscc1Br. The van der Waals surface area contributed by atoms with Crippen LogP contribution in [0.2, 0.25) is 0 Å². The zero-order valence-electron chi connectivity index (χ0n) is 8.13. The molecule has 78 valence electrons. The molecule has 0 radical (unpaired) electrons. The quantitative estimate of drug-likeness (QED) is 0.912. The Kier molecular flexibility index (Phi) is 3.93. The maximum absolute atomic E-state index is 3.68. The summed E-state index contributed by atoms with van der Waals surface area (Å²) < 4.78 is 1.24. The standard InChI is InChI=1S/C10H14BrNS2/c1-7(9-5-14-6-10(9)11)12-8-2-3-13-4-8/h5-8,12H,2-4H2,1H3. The van der Waals surface area contributed by atoms with Crippen LogP contribution in [0.3, 0.4) is 0 Å². The van der Waals surface area contributed by atoms with Gasteiger partial charge >= 0.3 is 0 Å². The third-order valence-corrected chi connectivity index (χ3v) is 5.44. The minimum absolute atomic E-state index is 0.472. The van der Waals surface area contributed by atoms with Gasteiger partial charge in [-0.15, -0.1) is 0 Å². The van der Waals surface area contributed by atoms with Crippen molar-refractivity contribution in [3.05, 3.63) is 20.8 Å². The van der Waals surface area contributed by atoms with Crippen molar-refractivity contribution < 1.29 is 0 Å². The van der Waals surface area contributed by atoms with E-state index in [2.05, 4.69) is 50.7 Å². The van der Waals surface area contributed by atoms with Crippen molar-refractivity contribution in [3.8, 4) is 0 Å². The second-order valence-electron chi connectivity index (χ2n) is 3.62. The van der Waals surface area contributed by atoms with E-state index in [0.717, 1.165) is 0 Å². The van der Waals surface area contributed by atoms with Crippen molar-refractivity contribution >= 4 is 39.0 Å². The third kappa shape index (κ3) is 2.54. The lowest BCUT2D eigenvalue weighted by atomic mass is 10.1. The fourth-order valence-corrected chi connectivity index (χ4v) is 4.61. The number of hydrogen-bond donors (Lipinski definition) is 1. The first kappa shape index (κ1) is 11.0. The molecule has 1 aliphatic heterocycles. The average Bonchev–Trinajstić information content (AvgIpc) is 2.75. The van der Waals surface area contributed by atoms with E-state index in [1.165, 1.54) is 28.0 Å². The van der Waals surface area contributed by atoms with Crippen molar-refractivity contribution in [1.82, 2.24) is 5.32 Å². The minimum atomic E-state index is 0.472. The minimum Gasteiger partial charge on any atom is -0.307 e. The maximum atomic E-state index is 3.68. The molecule has 1 aliphatic rings. The maximum Gasteiger partial charge on any atom is 0.0330 e. The van der Waals surface area contributed by atoms with E-state index in [4.69, 9.17) is 0 Å². The lowest BCUT2D eigenvalue weighted by molar-refractivity contribution is 0.486. The summed E-state index contributed by atoms with van der Waals surface area (Å²) in [6.07, 6.45) is 1.32. The van der Waals surface area contributed by atoms with Gasteiger partial charge in [0.05, 0.1) is 0 Å². The number of halogens is 1. The van der Waals surface area contributed by atoms with Crippen LogP contribution < -0.4 is 5.32 Å². The van der Waals surface area contributed by atoms with Crippen LogP contribution in [0.1, 0.15) is 24.9 Å². The van der Waals surface area contributed by atoms with Crippen molar-refractivity contribution in [2.24, 2.45) is 0 Å². The number of hydrogen-bond acceptors (Lipinski definition) is 3. The highest BCUT2D eigenvalue weighted by molar-refractivity contribution is 9.10. The Bertz CT molecular complexity index is 294. The molecule has 1 saturated heterocycles. The highest BCUT2D eigenvalue weighted by Crippen LogP contribution is 2.28. The molecule has 1 N–H and O–H groups in total. The molecule has 2 atom stereocenters. The van der Waals surface area contributed by atoms with Crippen molar-refractivity contribution in [3.63, 3.8) is 0 Å². The molecule has 14 heavy (non-hydrogen) atoms. The van der Waals surface area contributed by atoms with Crippen LogP contribution in [0.5, 0.6) is 0 Å². The van der Waals surface area contributed by atoms with E-state index in [1.807, 2.05) is 0 Å². The predicted octanol–water partition coefficient (Wildman–Crippen LogP) is 3.67. The molecule has 0 aliphatic carbocycles. The lowest BCUT2D eigenvalue weighted by Gasteiger charge is -2.18. The zero-order chi connectivity index (χ0) is 9.97. The molecule has 0 saturated carbocycles. The number of thiophene rings is 1. The normalized spacial score (nSPS) is 24.0. The van der Waals surface area contributed by atoms with Gasteiger partial charge < -0.3 is 5.32 Å². The van der Waals surface area contributed by atoms with Gasteiger partial charge in [-0.05, 0) is 46.0 Å². The second-order valence-corrected chi connectivity index (χ2v) is 6.37. The van der Waals surface area contributed by atoms with E-state index in [9.17, 15) is 0 Å². The molecule has 0 spiro atoms. The summed E-state index contributed by atoms with van der Waals surface area (Å²) in [5, 5.41) is 8.05. The Balaban J connectivity index is 1.95. The van der Waals surface area contributed by atoms with Crippen LogP contribution in [0.4, 0.5) is 0 Å². The zero-order valence-corrected chi connectivity index (χ0v) is 11.3. The molecule has 2 heterocycles. The fourth-order valence-electron chi connectivity index (χ4n) is 1.71. The molecule has 1 nitrogen and oxygen atoms in total. The van der Waals surface area contributed by atoms with Crippen molar-refractivity contribution in [2.45, 2.75) is 25.4 Å². The van der Waals surface area contributed by atoms with E-state index < -0.39 is 0 Å². The molecule has 2 rings (SSSR count). The smallest absolute Gasteiger partial charge is 0.0330 e. The van der Waals surface area contributed by atoms with Gasteiger partial charge in [-0.1, -0.05) is 0 Å². The lowest BCUT2D eigenvalue weighted by Crippen LogP contribution is -2.31. The summed E-state index contributed by atoms with van der Waals surface area (Å²) in [5.41, 5.74) is 1.40. The summed E-state index contributed by atoms with van der Waals surface area (Å²) in [5.74, 6) is 2.58. The van der Waals surface area contributed by atoms with Crippen LogP contribution in [0.25, 0.3) is 0 Å². The average molecular weight is 292 g/mol. The van der Waals surface area contributed by atoms with Crippen LogP contribution in [-0.2, 0) is 0 Å². The third-order valence-electron chi connectivity index (χ3n) is 2.52. The fraction of sp³-hybridized carbons (Fsp3) is 0.600. The van der Waals surface area contributed by atoms with Crippen LogP contribution in [-0.4, -0.2) is 17.5 Å². The second kappa shape index (κ2) is 5.01. The molecule has 2 unspecified atom stereocenters. The Labute approximate surface area is 102 Å². The van der Waals surface area contributed by atoms with Crippen molar-refractivity contribution in [2.75, 3.05) is 11.5 Å². The predicted molar refractivity (Wildman–Crippen MR) is 69.3 cm³/mol. The molecular formula is C10H14BrNS2. The topological polar surface area (TPSA) is 12.0 Å². The number of nitrogens with one attached hydrogen (secondary N) is 1. The molecule has 1 fully saturated rings. The number of thioether (sulfide) groups is 1. The van der Waals surface area contributed by atoms with Crippen LogP contribution in [0.15, 0.2) is 15.2 Å². The summed E-state index contributed by atoms with van der Waals surface area (Å²) in [7, 11) is 0. The Morgan fingerprint density at radius 2 is 2.43 bits per heavy atom. The molecular weight excluding hydrogens is 278 g/mol. The summed E-state index contributed by atoms with van der Waals surface area (Å²) in [6, 6.07) is 1.18. The molecule has 0 amide bonds. The van der Waals surface area contributed by atoms with Gasteiger partial charge in [-0.3, -0.25) is 0 Å². The van der Waals surface area contributed by atoms with Crippen LogP contribution in [0, 0.1) is 0 Å². The van der Waals surface area contributed by atoms with E-state index in [-0.39, 0.29) is 0 Å².